The van der Waals surface area contributed by atoms with E-state index in [1.807, 2.05) is 27.7 Å². The standard InChI is InChI=1S/C20H36O6/c1-15(2)12-19(21)25-10-8-23-17-6-5-7-18(14-17)24-9-11-26-20(22)13-16(3)4/h15-18H,5-14H2,1-4H3. The summed E-state index contributed by atoms with van der Waals surface area (Å²) in [5.41, 5.74) is 0. The van der Waals surface area contributed by atoms with Gasteiger partial charge in [-0.25, -0.2) is 0 Å². The Morgan fingerprint density at radius 1 is 0.769 bits per heavy atom. The fourth-order valence-corrected chi connectivity index (χ4v) is 2.93. The van der Waals surface area contributed by atoms with Crippen LogP contribution in [0.15, 0.2) is 0 Å². The van der Waals surface area contributed by atoms with Crippen LogP contribution in [0.1, 0.15) is 66.2 Å². The number of hydrogen-bond donors (Lipinski definition) is 0. The highest BCUT2D eigenvalue weighted by Crippen LogP contribution is 2.23. The van der Waals surface area contributed by atoms with Crippen molar-refractivity contribution in [1.29, 1.82) is 0 Å². The number of ether oxygens (including phenoxy) is 4. The average Bonchev–Trinajstić information content (AvgIpc) is 2.55. The van der Waals surface area contributed by atoms with Gasteiger partial charge in [-0.3, -0.25) is 9.59 Å². The first kappa shape index (κ1) is 22.9. The fraction of sp³-hybridized carbons (Fsp3) is 0.900. The molecule has 0 aliphatic heterocycles. The Labute approximate surface area is 157 Å². The first-order valence-corrected chi connectivity index (χ1v) is 9.91. The predicted octanol–water partition coefficient (Wildman–Crippen LogP) is 3.51. The van der Waals surface area contributed by atoms with Crippen molar-refractivity contribution in [3.8, 4) is 0 Å². The molecule has 152 valence electrons. The monoisotopic (exact) mass is 372 g/mol. The van der Waals surface area contributed by atoms with E-state index < -0.39 is 0 Å². The van der Waals surface area contributed by atoms with E-state index in [0.29, 0.717) is 51.1 Å². The zero-order valence-corrected chi connectivity index (χ0v) is 16.8. The SMILES string of the molecule is CC(C)CC(=O)OCCOC1CCCC(OCCOC(=O)CC(C)C)C1. The molecule has 0 radical (unpaired) electrons. The largest absolute Gasteiger partial charge is 0.463 e. The topological polar surface area (TPSA) is 71.1 Å². The van der Waals surface area contributed by atoms with Gasteiger partial charge < -0.3 is 18.9 Å². The van der Waals surface area contributed by atoms with Gasteiger partial charge in [0.05, 0.1) is 25.4 Å². The molecular weight excluding hydrogens is 336 g/mol. The van der Waals surface area contributed by atoms with Crippen LogP contribution < -0.4 is 0 Å². The van der Waals surface area contributed by atoms with Gasteiger partial charge in [0.1, 0.15) is 13.2 Å². The number of carbonyl (C=O) groups excluding carboxylic acids is 2. The smallest absolute Gasteiger partial charge is 0.306 e. The van der Waals surface area contributed by atoms with Gasteiger partial charge in [0.25, 0.3) is 0 Å². The molecule has 2 atom stereocenters. The lowest BCUT2D eigenvalue weighted by molar-refractivity contribution is -0.147. The van der Waals surface area contributed by atoms with Crippen LogP contribution >= 0.6 is 0 Å². The third-order valence-corrected chi connectivity index (χ3v) is 4.13. The van der Waals surface area contributed by atoms with Gasteiger partial charge in [0, 0.05) is 12.8 Å². The molecular formula is C20H36O6. The van der Waals surface area contributed by atoms with E-state index in [1.54, 1.807) is 0 Å². The Morgan fingerprint density at radius 3 is 1.58 bits per heavy atom. The van der Waals surface area contributed by atoms with Crippen LogP contribution in [0.4, 0.5) is 0 Å². The fourth-order valence-electron chi connectivity index (χ4n) is 2.93. The maximum absolute atomic E-state index is 11.5. The van der Waals surface area contributed by atoms with Gasteiger partial charge in [-0.2, -0.15) is 0 Å². The molecule has 1 saturated carbocycles. The lowest BCUT2D eigenvalue weighted by Crippen LogP contribution is -2.30. The zero-order valence-electron chi connectivity index (χ0n) is 16.8. The summed E-state index contributed by atoms with van der Waals surface area (Å²) in [6.07, 6.45) is 5.06. The lowest BCUT2D eigenvalue weighted by Gasteiger charge is -2.29. The number of carbonyl (C=O) groups is 2. The maximum atomic E-state index is 11.5. The molecule has 0 aromatic heterocycles. The van der Waals surface area contributed by atoms with Crippen molar-refractivity contribution in [2.24, 2.45) is 11.8 Å². The molecule has 26 heavy (non-hydrogen) atoms. The summed E-state index contributed by atoms with van der Waals surface area (Å²) in [5.74, 6) is 0.287. The Balaban J connectivity index is 2.08. The van der Waals surface area contributed by atoms with E-state index in [-0.39, 0.29) is 24.1 Å². The number of esters is 2. The quantitative estimate of drug-likeness (QED) is 0.386. The van der Waals surface area contributed by atoms with Crippen molar-refractivity contribution in [2.45, 2.75) is 78.4 Å². The molecule has 1 fully saturated rings. The third kappa shape index (κ3) is 11.5. The maximum Gasteiger partial charge on any atom is 0.306 e. The summed E-state index contributed by atoms with van der Waals surface area (Å²) in [5, 5.41) is 0. The highest BCUT2D eigenvalue weighted by Gasteiger charge is 2.23. The lowest BCUT2D eigenvalue weighted by atomic mass is 9.95. The van der Waals surface area contributed by atoms with Crippen LogP contribution in [0.2, 0.25) is 0 Å². The highest BCUT2D eigenvalue weighted by molar-refractivity contribution is 5.69. The molecule has 1 rings (SSSR count). The molecule has 6 nitrogen and oxygen atoms in total. The van der Waals surface area contributed by atoms with Gasteiger partial charge in [0.15, 0.2) is 0 Å². The first-order valence-electron chi connectivity index (χ1n) is 9.91. The van der Waals surface area contributed by atoms with Crippen molar-refractivity contribution in [3.05, 3.63) is 0 Å². The molecule has 0 aromatic carbocycles. The molecule has 0 bridgehead atoms. The van der Waals surface area contributed by atoms with E-state index >= 15 is 0 Å². The molecule has 2 unspecified atom stereocenters. The summed E-state index contributed by atoms with van der Waals surface area (Å²) in [6.45, 7) is 9.42. The van der Waals surface area contributed by atoms with Crippen molar-refractivity contribution in [1.82, 2.24) is 0 Å². The van der Waals surface area contributed by atoms with E-state index in [2.05, 4.69) is 0 Å². The molecule has 0 spiro atoms. The van der Waals surface area contributed by atoms with Crippen molar-refractivity contribution >= 4 is 11.9 Å². The van der Waals surface area contributed by atoms with Gasteiger partial charge in [-0.05, 0) is 37.5 Å². The van der Waals surface area contributed by atoms with Gasteiger partial charge >= 0.3 is 11.9 Å². The number of rotatable bonds is 12. The molecule has 0 aromatic rings. The summed E-state index contributed by atoms with van der Waals surface area (Å²) < 4.78 is 21.9. The van der Waals surface area contributed by atoms with E-state index in [0.717, 1.165) is 25.7 Å². The second kappa shape index (κ2) is 13.1. The molecule has 0 amide bonds. The van der Waals surface area contributed by atoms with Crippen LogP contribution in [-0.2, 0) is 28.5 Å². The minimum Gasteiger partial charge on any atom is -0.463 e. The molecule has 0 heterocycles. The van der Waals surface area contributed by atoms with Crippen molar-refractivity contribution in [2.75, 3.05) is 26.4 Å². The van der Waals surface area contributed by atoms with Gasteiger partial charge in [0.2, 0.25) is 0 Å². The average molecular weight is 373 g/mol. The van der Waals surface area contributed by atoms with Crippen LogP contribution in [0.5, 0.6) is 0 Å². The molecule has 1 aliphatic rings. The Bertz CT molecular complexity index is 371. The van der Waals surface area contributed by atoms with Crippen LogP contribution in [0.3, 0.4) is 0 Å². The van der Waals surface area contributed by atoms with Crippen LogP contribution in [-0.4, -0.2) is 50.6 Å². The van der Waals surface area contributed by atoms with E-state index in [4.69, 9.17) is 18.9 Å². The molecule has 1 aliphatic carbocycles. The second-order valence-corrected chi connectivity index (χ2v) is 7.79. The van der Waals surface area contributed by atoms with Crippen molar-refractivity contribution < 1.29 is 28.5 Å². The van der Waals surface area contributed by atoms with Crippen molar-refractivity contribution in [3.63, 3.8) is 0 Å². The van der Waals surface area contributed by atoms with Gasteiger partial charge in [-0.15, -0.1) is 0 Å². The first-order chi connectivity index (χ1) is 12.4. The Morgan fingerprint density at radius 2 is 1.19 bits per heavy atom. The molecule has 0 saturated heterocycles. The predicted molar refractivity (Wildman–Crippen MR) is 98.8 cm³/mol. The second-order valence-electron chi connectivity index (χ2n) is 7.79. The molecule has 6 heteroatoms. The number of hydrogen-bond acceptors (Lipinski definition) is 6. The summed E-state index contributed by atoms with van der Waals surface area (Å²) in [4.78, 5) is 23.0. The van der Waals surface area contributed by atoms with Crippen LogP contribution in [0, 0.1) is 11.8 Å². The Hall–Kier alpha value is -1.14. The summed E-state index contributed by atoms with van der Waals surface area (Å²) in [7, 11) is 0. The van der Waals surface area contributed by atoms with E-state index in [1.165, 1.54) is 0 Å². The normalized spacial score (nSPS) is 20.4. The zero-order chi connectivity index (χ0) is 19.4. The molecule has 0 N–H and O–H groups in total. The third-order valence-electron chi connectivity index (χ3n) is 4.13. The summed E-state index contributed by atoms with van der Waals surface area (Å²) >= 11 is 0. The van der Waals surface area contributed by atoms with E-state index in [9.17, 15) is 9.59 Å². The highest BCUT2D eigenvalue weighted by atomic mass is 16.6. The summed E-state index contributed by atoms with van der Waals surface area (Å²) in [6, 6.07) is 0. The minimum atomic E-state index is -0.166. The van der Waals surface area contributed by atoms with Gasteiger partial charge in [-0.1, -0.05) is 27.7 Å². The Kier molecular flexibility index (Phi) is 11.5. The van der Waals surface area contributed by atoms with Crippen LogP contribution in [0.25, 0.3) is 0 Å². The minimum absolute atomic E-state index is 0.140.